The predicted molar refractivity (Wildman–Crippen MR) is 107 cm³/mol. The largest absolute Gasteiger partial charge is 0.444 e. The van der Waals surface area contributed by atoms with E-state index in [-0.39, 0.29) is 12.1 Å². The third-order valence-corrected chi connectivity index (χ3v) is 4.54. The highest BCUT2D eigenvalue weighted by molar-refractivity contribution is 5.68. The van der Waals surface area contributed by atoms with E-state index in [0.717, 1.165) is 30.0 Å². The van der Waals surface area contributed by atoms with Crippen LogP contribution in [0.15, 0.2) is 48.7 Å². The minimum atomic E-state index is -0.469. The van der Waals surface area contributed by atoms with Gasteiger partial charge >= 0.3 is 6.09 Å². The fourth-order valence-electron chi connectivity index (χ4n) is 3.07. The van der Waals surface area contributed by atoms with Crippen LogP contribution in [0.2, 0.25) is 0 Å². The first-order valence-electron chi connectivity index (χ1n) is 9.33. The highest BCUT2D eigenvalue weighted by Gasteiger charge is 2.26. The molecular formula is C21H28N4O2. The fraction of sp³-hybridized carbons (Fsp3) is 0.429. The van der Waals surface area contributed by atoms with Crippen molar-refractivity contribution in [2.24, 2.45) is 5.73 Å². The highest BCUT2D eigenvalue weighted by Crippen LogP contribution is 2.21. The van der Waals surface area contributed by atoms with E-state index in [2.05, 4.69) is 9.88 Å². The number of aromatic nitrogens is 1. The molecule has 6 nitrogen and oxygen atoms in total. The molecule has 1 aliphatic rings. The standard InChI is InChI=1S/C21H28N4O2/c1-21(2,3)27-20(26)25-13-11-24(12-14-25)18-10-9-17(15-23-18)19(22)16-7-5-4-6-8-16/h4-10,15,19H,11-14,22H2,1-3H3. The molecule has 2 N–H and O–H groups in total. The Morgan fingerprint density at radius 3 is 2.26 bits per heavy atom. The Morgan fingerprint density at radius 1 is 1.04 bits per heavy atom. The van der Waals surface area contributed by atoms with Gasteiger partial charge in [0.05, 0.1) is 6.04 Å². The number of rotatable bonds is 3. The van der Waals surface area contributed by atoms with Crippen LogP contribution in [0.1, 0.15) is 37.9 Å². The zero-order valence-corrected chi connectivity index (χ0v) is 16.3. The molecule has 0 bridgehead atoms. The molecule has 1 atom stereocenters. The van der Waals surface area contributed by atoms with Gasteiger partial charge in [-0.3, -0.25) is 0 Å². The summed E-state index contributed by atoms with van der Waals surface area (Å²) in [7, 11) is 0. The van der Waals surface area contributed by atoms with Gasteiger partial charge in [-0.15, -0.1) is 0 Å². The molecule has 144 valence electrons. The first kappa shape index (κ1) is 19.2. The minimum absolute atomic E-state index is 0.184. The number of hydrogen-bond donors (Lipinski definition) is 1. The van der Waals surface area contributed by atoms with Crippen molar-refractivity contribution in [2.45, 2.75) is 32.4 Å². The second-order valence-electron chi connectivity index (χ2n) is 7.79. The number of pyridine rings is 1. The van der Waals surface area contributed by atoms with Gasteiger partial charge in [0.25, 0.3) is 0 Å². The molecule has 1 fully saturated rings. The van der Waals surface area contributed by atoms with Gasteiger partial charge in [0.2, 0.25) is 0 Å². The van der Waals surface area contributed by atoms with Crippen molar-refractivity contribution < 1.29 is 9.53 Å². The monoisotopic (exact) mass is 368 g/mol. The van der Waals surface area contributed by atoms with Gasteiger partial charge in [0.15, 0.2) is 0 Å². The molecule has 0 spiro atoms. The van der Waals surface area contributed by atoms with Crippen molar-refractivity contribution >= 4 is 11.9 Å². The molecule has 1 aliphatic heterocycles. The van der Waals surface area contributed by atoms with E-state index in [1.807, 2.05) is 69.4 Å². The first-order valence-corrected chi connectivity index (χ1v) is 9.33. The number of nitrogens with two attached hydrogens (primary N) is 1. The molecule has 27 heavy (non-hydrogen) atoms. The molecule has 0 aliphatic carbocycles. The van der Waals surface area contributed by atoms with Crippen molar-refractivity contribution in [3.8, 4) is 0 Å². The van der Waals surface area contributed by atoms with Gasteiger partial charge in [0.1, 0.15) is 11.4 Å². The molecule has 1 amide bonds. The summed E-state index contributed by atoms with van der Waals surface area (Å²) in [6, 6.07) is 13.8. The van der Waals surface area contributed by atoms with Crippen LogP contribution in [-0.2, 0) is 4.74 Å². The SMILES string of the molecule is CC(C)(C)OC(=O)N1CCN(c2ccc(C(N)c3ccccc3)cn2)CC1. The Bertz CT molecular complexity index is 748. The summed E-state index contributed by atoms with van der Waals surface area (Å²) in [6.45, 7) is 8.36. The lowest BCUT2D eigenvalue weighted by atomic mass is 10.0. The molecule has 3 rings (SSSR count). The lowest BCUT2D eigenvalue weighted by molar-refractivity contribution is 0.0240. The second-order valence-corrected chi connectivity index (χ2v) is 7.79. The predicted octanol–water partition coefficient (Wildman–Crippen LogP) is 3.19. The summed E-state index contributed by atoms with van der Waals surface area (Å²) in [5.74, 6) is 0.905. The maximum absolute atomic E-state index is 12.2. The van der Waals surface area contributed by atoms with E-state index < -0.39 is 5.60 Å². The van der Waals surface area contributed by atoms with Gasteiger partial charge < -0.3 is 20.3 Å². The Hall–Kier alpha value is -2.60. The molecule has 2 aromatic rings. The lowest BCUT2D eigenvalue weighted by Crippen LogP contribution is -2.50. The van der Waals surface area contributed by atoms with Crippen LogP contribution in [0.5, 0.6) is 0 Å². The maximum Gasteiger partial charge on any atom is 0.410 e. The lowest BCUT2D eigenvalue weighted by Gasteiger charge is -2.36. The van der Waals surface area contributed by atoms with E-state index in [9.17, 15) is 4.79 Å². The molecule has 1 aromatic carbocycles. The number of amides is 1. The zero-order chi connectivity index (χ0) is 19.4. The highest BCUT2D eigenvalue weighted by atomic mass is 16.6. The number of ether oxygens (including phenoxy) is 1. The Kier molecular flexibility index (Phi) is 5.65. The van der Waals surface area contributed by atoms with Gasteiger partial charge in [-0.2, -0.15) is 0 Å². The van der Waals surface area contributed by atoms with Gasteiger partial charge in [0, 0.05) is 32.4 Å². The van der Waals surface area contributed by atoms with E-state index in [0.29, 0.717) is 13.1 Å². The number of carbonyl (C=O) groups excluding carboxylic acids is 1. The number of anilines is 1. The molecule has 1 aromatic heterocycles. The Morgan fingerprint density at radius 2 is 1.70 bits per heavy atom. The summed E-state index contributed by atoms with van der Waals surface area (Å²) >= 11 is 0. The number of benzene rings is 1. The maximum atomic E-state index is 12.2. The Labute approximate surface area is 160 Å². The number of nitrogens with zero attached hydrogens (tertiary/aromatic N) is 3. The van der Waals surface area contributed by atoms with Crippen molar-refractivity contribution in [1.29, 1.82) is 0 Å². The molecule has 0 radical (unpaired) electrons. The summed E-state index contributed by atoms with van der Waals surface area (Å²) in [5.41, 5.74) is 7.92. The molecule has 1 saturated heterocycles. The van der Waals surface area contributed by atoms with Crippen LogP contribution in [0, 0.1) is 0 Å². The first-order chi connectivity index (χ1) is 12.8. The van der Waals surface area contributed by atoms with E-state index in [4.69, 9.17) is 10.5 Å². The van der Waals surface area contributed by atoms with Crippen molar-refractivity contribution in [2.75, 3.05) is 31.1 Å². The third-order valence-electron chi connectivity index (χ3n) is 4.54. The van der Waals surface area contributed by atoms with Crippen LogP contribution in [-0.4, -0.2) is 47.8 Å². The minimum Gasteiger partial charge on any atom is -0.444 e. The molecule has 1 unspecified atom stereocenters. The summed E-state index contributed by atoms with van der Waals surface area (Å²) in [4.78, 5) is 20.7. The Balaban J connectivity index is 1.58. The summed E-state index contributed by atoms with van der Waals surface area (Å²) in [6.07, 6.45) is 1.59. The summed E-state index contributed by atoms with van der Waals surface area (Å²) in [5, 5.41) is 0. The van der Waals surface area contributed by atoms with E-state index in [1.165, 1.54) is 0 Å². The van der Waals surface area contributed by atoms with E-state index >= 15 is 0 Å². The van der Waals surface area contributed by atoms with Gasteiger partial charge in [-0.25, -0.2) is 9.78 Å². The van der Waals surface area contributed by atoms with E-state index in [1.54, 1.807) is 4.90 Å². The smallest absolute Gasteiger partial charge is 0.410 e. The number of hydrogen-bond acceptors (Lipinski definition) is 5. The van der Waals surface area contributed by atoms with Crippen LogP contribution >= 0.6 is 0 Å². The third kappa shape index (κ3) is 4.98. The van der Waals surface area contributed by atoms with Crippen LogP contribution in [0.25, 0.3) is 0 Å². The van der Waals surface area contributed by atoms with Crippen LogP contribution in [0.3, 0.4) is 0 Å². The number of piperazine rings is 1. The van der Waals surface area contributed by atoms with Crippen LogP contribution in [0.4, 0.5) is 10.6 Å². The molecular weight excluding hydrogens is 340 g/mol. The van der Waals surface area contributed by atoms with Crippen LogP contribution < -0.4 is 10.6 Å². The quantitative estimate of drug-likeness (QED) is 0.901. The fourth-order valence-corrected chi connectivity index (χ4v) is 3.07. The van der Waals surface area contributed by atoms with Gasteiger partial charge in [-0.1, -0.05) is 36.4 Å². The topological polar surface area (TPSA) is 71.7 Å². The van der Waals surface area contributed by atoms with Crippen molar-refractivity contribution in [3.63, 3.8) is 0 Å². The second kappa shape index (κ2) is 7.96. The molecule has 6 heteroatoms. The molecule has 2 heterocycles. The average molecular weight is 368 g/mol. The molecule has 0 saturated carbocycles. The van der Waals surface area contributed by atoms with Crippen molar-refractivity contribution in [3.05, 3.63) is 59.8 Å². The van der Waals surface area contributed by atoms with Crippen molar-refractivity contribution in [1.82, 2.24) is 9.88 Å². The normalized spacial score (nSPS) is 16.1. The number of carbonyl (C=O) groups is 1. The zero-order valence-electron chi connectivity index (χ0n) is 16.3. The summed E-state index contributed by atoms with van der Waals surface area (Å²) < 4.78 is 5.44. The van der Waals surface area contributed by atoms with Gasteiger partial charge in [-0.05, 0) is 38.0 Å². The average Bonchev–Trinajstić information content (AvgIpc) is 2.67.